The molecule has 19 heavy (non-hydrogen) atoms. The first kappa shape index (κ1) is 19.5. The maximum Gasteiger partial charge on any atom is 0.518 e. The first-order valence-electron chi connectivity index (χ1n) is 5.61. The number of carboxylic acid groups (broad SMARTS) is 2. The number of carbonyl (C=O) groups is 3. The van der Waals surface area contributed by atoms with Crippen LogP contribution in [0.5, 0.6) is 0 Å². The molecule has 0 rings (SSSR count). The second kappa shape index (κ2) is 12.6. The molecule has 0 aliphatic rings. The predicted molar refractivity (Wildman–Crippen MR) is 64.6 cm³/mol. The fraction of sp³-hybridized carbons (Fsp3) is 0.700. The topological polar surface area (TPSA) is 162 Å². The average molecular weight is 280 g/mol. The third-order valence-corrected chi connectivity index (χ3v) is 1.72. The van der Waals surface area contributed by atoms with Gasteiger partial charge in [0.1, 0.15) is 6.04 Å². The molecule has 9 heteroatoms. The number of rotatable bonds is 6. The number of hydrogen-bond donors (Lipinski definition) is 4. The Hall–Kier alpha value is -1.87. The van der Waals surface area contributed by atoms with Gasteiger partial charge in [0.05, 0.1) is 6.61 Å². The van der Waals surface area contributed by atoms with E-state index < -0.39 is 24.3 Å². The summed E-state index contributed by atoms with van der Waals surface area (Å²) in [6, 6.07) is -0.716. The molecule has 0 bridgehead atoms. The summed E-state index contributed by atoms with van der Waals surface area (Å²) in [6.45, 7) is 2.25. The van der Waals surface area contributed by atoms with Gasteiger partial charge in [-0.3, -0.25) is 4.79 Å². The first-order chi connectivity index (χ1) is 8.84. The molecular weight excluding hydrogens is 260 g/mol. The van der Waals surface area contributed by atoms with Crippen molar-refractivity contribution in [1.29, 1.82) is 0 Å². The lowest BCUT2D eigenvalue weighted by molar-refractivity contribution is -0.138. The summed E-state index contributed by atoms with van der Waals surface area (Å²) in [5, 5.41) is 16.1. The lowest BCUT2D eigenvalue weighted by atomic mass is 10.1. The minimum absolute atomic E-state index is 0.103. The molecule has 0 saturated heterocycles. The normalized spacial score (nSPS) is 10.7. The molecule has 0 fully saturated rings. The van der Waals surface area contributed by atoms with Crippen molar-refractivity contribution in [3.8, 4) is 0 Å². The van der Waals surface area contributed by atoms with E-state index in [4.69, 9.17) is 21.7 Å². The van der Waals surface area contributed by atoms with Gasteiger partial charge in [0, 0.05) is 0 Å². The molecule has 0 heterocycles. The van der Waals surface area contributed by atoms with Gasteiger partial charge < -0.3 is 31.2 Å². The summed E-state index contributed by atoms with van der Waals surface area (Å²) >= 11 is 0. The molecule has 9 nitrogen and oxygen atoms in total. The Labute approximate surface area is 110 Å². The number of hydrogen-bond acceptors (Lipinski definition) is 7. The van der Waals surface area contributed by atoms with Crippen LogP contribution in [-0.2, 0) is 14.3 Å². The van der Waals surface area contributed by atoms with Crippen LogP contribution in [0.1, 0.15) is 26.2 Å². The number of ether oxygens (including phenoxy) is 2. The molecule has 0 amide bonds. The van der Waals surface area contributed by atoms with Crippen LogP contribution >= 0.6 is 0 Å². The Balaban J connectivity index is 0. The van der Waals surface area contributed by atoms with Crippen molar-refractivity contribution in [2.75, 3.05) is 13.2 Å². The zero-order chi connectivity index (χ0) is 15.3. The smallest absolute Gasteiger partial charge is 0.480 e. The fourth-order valence-electron chi connectivity index (χ4n) is 0.851. The first-order valence-corrected chi connectivity index (χ1v) is 5.61. The summed E-state index contributed by atoms with van der Waals surface area (Å²) in [5.41, 5.74) is 10.4. The minimum Gasteiger partial charge on any atom is -0.480 e. The molecule has 112 valence electrons. The van der Waals surface area contributed by atoms with Crippen molar-refractivity contribution in [3.05, 3.63) is 0 Å². The van der Waals surface area contributed by atoms with E-state index in [0.29, 0.717) is 13.0 Å². The Morgan fingerprint density at radius 1 is 1.21 bits per heavy atom. The Bertz CT molecular complexity index is 283. The van der Waals surface area contributed by atoms with Gasteiger partial charge in [-0.1, -0.05) is 6.42 Å². The number of carboxylic acids is 1. The van der Waals surface area contributed by atoms with Crippen LogP contribution < -0.4 is 11.5 Å². The summed E-state index contributed by atoms with van der Waals surface area (Å²) in [7, 11) is 0. The molecule has 0 aliphatic carbocycles. The van der Waals surface area contributed by atoms with Crippen molar-refractivity contribution in [1.82, 2.24) is 0 Å². The third-order valence-electron chi connectivity index (χ3n) is 1.72. The largest absolute Gasteiger partial charge is 0.518 e. The van der Waals surface area contributed by atoms with Gasteiger partial charge in [0.2, 0.25) is 0 Å². The highest BCUT2D eigenvalue weighted by Crippen LogP contribution is 1.96. The zero-order valence-electron chi connectivity index (χ0n) is 10.7. The monoisotopic (exact) mass is 280 g/mol. The van der Waals surface area contributed by atoms with Gasteiger partial charge in [-0.05, 0) is 26.3 Å². The summed E-state index contributed by atoms with van der Waals surface area (Å²) in [6.07, 6.45) is -0.684. The van der Waals surface area contributed by atoms with Gasteiger partial charge in [-0.2, -0.15) is 0 Å². The number of carbonyl (C=O) groups excluding carboxylic acids is 1. The van der Waals surface area contributed by atoms with Crippen LogP contribution in [0.3, 0.4) is 0 Å². The standard InChI is InChI=1S/C6H14N2O2.C4H6O5/c7-4-2-1-3-5(8)6(9)10;1-2-8-4(7)9-3(5)6/h5H,1-4,7-8H2,(H,9,10);2H2,1H3,(H,5,6)/t5-;/m0./s1. The van der Waals surface area contributed by atoms with E-state index in [1.165, 1.54) is 0 Å². The summed E-state index contributed by atoms with van der Waals surface area (Å²) in [5.74, 6) is -0.933. The van der Waals surface area contributed by atoms with Gasteiger partial charge in [-0.25, -0.2) is 9.59 Å². The average Bonchev–Trinajstić information content (AvgIpc) is 2.29. The van der Waals surface area contributed by atoms with Crippen LogP contribution in [0.15, 0.2) is 0 Å². The molecule has 1 atom stereocenters. The van der Waals surface area contributed by atoms with E-state index in [0.717, 1.165) is 12.8 Å². The highest BCUT2D eigenvalue weighted by atomic mass is 16.8. The second-order valence-electron chi connectivity index (χ2n) is 3.28. The molecule has 0 radical (unpaired) electrons. The Morgan fingerprint density at radius 3 is 2.16 bits per heavy atom. The maximum atomic E-state index is 10.1. The van der Waals surface area contributed by atoms with E-state index in [2.05, 4.69) is 9.47 Å². The van der Waals surface area contributed by atoms with Crippen molar-refractivity contribution < 1.29 is 34.1 Å². The molecule has 0 unspecified atom stereocenters. The molecule has 0 aromatic carbocycles. The predicted octanol–water partition coefficient (Wildman–Crippen LogP) is 0.365. The molecular formula is C10H20N2O7. The lowest BCUT2D eigenvalue weighted by Crippen LogP contribution is -2.29. The zero-order valence-corrected chi connectivity index (χ0v) is 10.7. The third kappa shape index (κ3) is 16.1. The maximum absolute atomic E-state index is 10.1. The lowest BCUT2D eigenvalue weighted by Gasteiger charge is -2.03. The Morgan fingerprint density at radius 2 is 1.79 bits per heavy atom. The minimum atomic E-state index is -1.66. The van der Waals surface area contributed by atoms with Crippen molar-refractivity contribution in [2.45, 2.75) is 32.2 Å². The number of unbranched alkanes of at least 4 members (excludes halogenated alkanes) is 1. The van der Waals surface area contributed by atoms with Crippen molar-refractivity contribution >= 4 is 18.3 Å². The molecule has 6 N–H and O–H groups in total. The summed E-state index contributed by atoms with van der Waals surface area (Å²) < 4.78 is 7.66. The van der Waals surface area contributed by atoms with Gasteiger partial charge in [0.25, 0.3) is 0 Å². The highest BCUT2D eigenvalue weighted by Gasteiger charge is 2.09. The van der Waals surface area contributed by atoms with E-state index in [9.17, 15) is 14.4 Å². The van der Waals surface area contributed by atoms with Crippen LogP contribution in [0.4, 0.5) is 9.59 Å². The van der Waals surface area contributed by atoms with Crippen LogP contribution in [0.2, 0.25) is 0 Å². The molecule has 0 aromatic heterocycles. The van der Waals surface area contributed by atoms with Crippen LogP contribution in [-0.4, -0.2) is 47.7 Å². The quantitative estimate of drug-likeness (QED) is 0.305. The molecule has 0 aliphatic heterocycles. The number of aliphatic carboxylic acids is 1. The van der Waals surface area contributed by atoms with E-state index >= 15 is 0 Å². The molecule has 0 aromatic rings. The second-order valence-corrected chi connectivity index (χ2v) is 3.28. The van der Waals surface area contributed by atoms with Crippen LogP contribution in [0.25, 0.3) is 0 Å². The van der Waals surface area contributed by atoms with Gasteiger partial charge in [0.15, 0.2) is 0 Å². The fourth-order valence-corrected chi connectivity index (χ4v) is 0.851. The SMILES string of the molecule is CCOC(=O)OC(=O)O.NCCCC[C@H](N)C(=O)O. The summed E-state index contributed by atoms with van der Waals surface area (Å²) in [4.78, 5) is 29.7. The van der Waals surface area contributed by atoms with E-state index in [1.807, 2.05) is 0 Å². The highest BCUT2D eigenvalue weighted by molar-refractivity contribution is 5.75. The van der Waals surface area contributed by atoms with Crippen molar-refractivity contribution in [2.24, 2.45) is 11.5 Å². The Kier molecular flexibility index (Phi) is 12.9. The van der Waals surface area contributed by atoms with E-state index in [-0.39, 0.29) is 6.61 Å². The van der Waals surface area contributed by atoms with E-state index in [1.54, 1.807) is 6.92 Å². The molecule has 0 saturated carbocycles. The number of nitrogens with two attached hydrogens (primary N) is 2. The van der Waals surface area contributed by atoms with Crippen molar-refractivity contribution in [3.63, 3.8) is 0 Å². The van der Waals surface area contributed by atoms with Gasteiger partial charge >= 0.3 is 18.3 Å². The molecule has 0 spiro atoms. The van der Waals surface area contributed by atoms with Gasteiger partial charge in [-0.15, -0.1) is 0 Å². The van der Waals surface area contributed by atoms with Crippen LogP contribution in [0, 0.1) is 0 Å².